The number of hydrogen-bond donors (Lipinski definition) is 1. The minimum absolute atomic E-state index is 0.165. The molecule has 0 unspecified atom stereocenters. The summed E-state index contributed by atoms with van der Waals surface area (Å²) < 4.78 is 5.02. The van der Waals surface area contributed by atoms with Gasteiger partial charge in [-0.1, -0.05) is 23.4 Å². The highest BCUT2D eigenvalue weighted by Crippen LogP contribution is 2.17. The molecule has 2 aromatic rings. The molecule has 1 heterocycles. The van der Waals surface area contributed by atoms with Gasteiger partial charge in [-0.3, -0.25) is 9.59 Å². The number of amides is 1. The van der Waals surface area contributed by atoms with Gasteiger partial charge in [0.15, 0.2) is 11.8 Å². The lowest BCUT2D eigenvalue weighted by atomic mass is 10.1. The summed E-state index contributed by atoms with van der Waals surface area (Å²) >= 11 is 7.26. The van der Waals surface area contributed by atoms with E-state index in [1.807, 2.05) is 20.1 Å². The summed E-state index contributed by atoms with van der Waals surface area (Å²) in [4.78, 5) is 32.5. The molecular weight excluding hydrogens is 374 g/mol. The average Bonchev–Trinajstić information content (AvgIpc) is 2.61. The summed E-state index contributed by atoms with van der Waals surface area (Å²) in [7, 11) is 0. The maximum Gasteiger partial charge on any atom is 0.306 e. The van der Waals surface area contributed by atoms with Gasteiger partial charge in [-0.2, -0.15) is 0 Å². The van der Waals surface area contributed by atoms with Crippen LogP contribution in [-0.4, -0.2) is 34.7 Å². The van der Waals surface area contributed by atoms with Crippen molar-refractivity contribution < 1.29 is 14.3 Å². The zero-order valence-corrected chi connectivity index (χ0v) is 16.4. The number of benzene rings is 1. The third-order valence-corrected chi connectivity index (χ3v) is 4.45. The lowest BCUT2D eigenvalue weighted by Gasteiger charge is -2.10. The quantitative estimate of drug-likeness (QED) is 0.440. The predicted molar refractivity (Wildman–Crippen MR) is 103 cm³/mol. The highest BCUT2D eigenvalue weighted by atomic mass is 35.5. The number of carbonyl (C=O) groups is 2. The molecule has 0 aliphatic heterocycles. The third kappa shape index (κ3) is 6.00. The highest BCUT2D eigenvalue weighted by Gasteiger charge is 2.12. The van der Waals surface area contributed by atoms with Crippen molar-refractivity contribution in [2.24, 2.45) is 0 Å². The summed E-state index contributed by atoms with van der Waals surface area (Å²) in [6.07, 6.45) is 2.56. The molecule has 26 heavy (non-hydrogen) atoms. The zero-order valence-electron chi connectivity index (χ0n) is 14.8. The van der Waals surface area contributed by atoms with Crippen LogP contribution in [0.1, 0.15) is 23.4 Å². The Balaban J connectivity index is 1.80. The van der Waals surface area contributed by atoms with Crippen molar-refractivity contribution in [3.63, 3.8) is 0 Å². The number of nitrogens with zero attached hydrogens (tertiary/aromatic N) is 2. The molecule has 1 amide bonds. The van der Waals surface area contributed by atoms with Crippen molar-refractivity contribution in [1.29, 1.82) is 0 Å². The summed E-state index contributed by atoms with van der Waals surface area (Å²) in [6, 6.07) is 6.67. The number of hydrogen-bond acceptors (Lipinski definition) is 6. The first-order chi connectivity index (χ1) is 12.4. The smallest absolute Gasteiger partial charge is 0.306 e. The molecular formula is C18H20ClN3O3S. The first kappa shape index (κ1) is 20.2. The molecule has 0 saturated carbocycles. The van der Waals surface area contributed by atoms with E-state index in [0.29, 0.717) is 22.3 Å². The number of aryl methyl sites for hydroxylation is 2. The Kier molecular flexibility index (Phi) is 7.41. The monoisotopic (exact) mass is 393 g/mol. The zero-order chi connectivity index (χ0) is 19.1. The van der Waals surface area contributed by atoms with Gasteiger partial charge in [0.05, 0.1) is 0 Å². The van der Waals surface area contributed by atoms with E-state index >= 15 is 0 Å². The number of ether oxygens (including phenoxy) is 1. The fourth-order valence-corrected chi connectivity index (χ4v) is 2.92. The van der Waals surface area contributed by atoms with E-state index in [-0.39, 0.29) is 13.0 Å². The standard InChI is InChI=1S/C18H20ClN3O3S/c1-11-15(12(2)21-18(20-11)26-3)8-9-17(24)25-10-16(23)22-14-6-4-13(19)5-7-14/h4-7H,8-10H2,1-3H3,(H,22,23). The molecule has 0 spiro atoms. The molecule has 0 bridgehead atoms. The molecule has 0 atom stereocenters. The molecule has 1 aromatic carbocycles. The van der Waals surface area contributed by atoms with Gasteiger partial charge in [-0.05, 0) is 56.4 Å². The van der Waals surface area contributed by atoms with Crippen LogP contribution < -0.4 is 5.32 Å². The van der Waals surface area contributed by atoms with Crippen molar-refractivity contribution in [2.45, 2.75) is 31.8 Å². The van der Waals surface area contributed by atoms with E-state index in [1.54, 1.807) is 24.3 Å². The molecule has 138 valence electrons. The summed E-state index contributed by atoms with van der Waals surface area (Å²) in [5.74, 6) is -0.843. The van der Waals surface area contributed by atoms with Crippen LogP contribution in [0, 0.1) is 13.8 Å². The van der Waals surface area contributed by atoms with Gasteiger partial charge in [0.1, 0.15) is 0 Å². The van der Waals surface area contributed by atoms with Crippen molar-refractivity contribution >= 4 is 40.9 Å². The van der Waals surface area contributed by atoms with Gasteiger partial charge in [-0.25, -0.2) is 9.97 Å². The fraction of sp³-hybridized carbons (Fsp3) is 0.333. The molecule has 1 N–H and O–H groups in total. The highest BCUT2D eigenvalue weighted by molar-refractivity contribution is 7.98. The van der Waals surface area contributed by atoms with Crippen LogP contribution in [0.15, 0.2) is 29.4 Å². The third-order valence-electron chi connectivity index (χ3n) is 3.65. The molecule has 8 heteroatoms. The van der Waals surface area contributed by atoms with E-state index < -0.39 is 11.9 Å². The molecule has 0 saturated heterocycles. The largest absolute Gasteiger partial charge is 0.456 e. The van der Waals surface area contributed by atoms with Crippen LogP contribution >= 0.6 is 23.4 Å². The maximum absolute atomic E-state index is 11.9. The molecule has 0 aliphatic rings. The van der Waals surface area contributed by atoms with Gasteiger partial charge in [0.25, 0.3) is 5.91 Å². The van der Waals surface area contributed by atoms with Crippen LogP contribution in [0.5, 0.6) is 0 Å². The number of esters is 1. The number of carbonyl (C=O) groups excluding carboxylic acids is 2. The van der Waals surface area contributed by atoms with Crippen LogP contribution in [0.25, 0.3) is 0 Å². The molecule has 0 radical (unpaired) electrons. The molecule has 0 aliphatic carbocycles. The number of halogens is 1. The average molecular weight is 394 g/mol. The van der Waals surface area contributed by atoms with Gasteiger partial charge in [0, 0.05) is 28.5 Å². The second-order valence-electron chi connectivity index (χ2n) is 5.58. The molecule has 2 rings (SSSR count). The predicted octanol–water partition coefficient (Wildman–Crippen LogP) is 3.58. The number of aromatic nitrogens is 2. The minimum atomic E-state index is -0.441. The van der Waals surface area contributed by atoms with Crippen molar-refractivity contribution in [1.82, 2.24) is 9.97 Å². The Bertz CT molecular complexity index is 774. The molecule has 6 nitrogen and oxygen atoms in total. The Labute approximate surface area is 161 Å². The van der Waals surface area contributed by atoms with Gasteiger partial charge in [0.2, 0.25) is 0 Å². The SMILES string of the molecule is CSc1nc(C)c(CCC(=O)OCC(=O)Nc2ccc(Cl)cc2)c(C)n1. The van der Waals surface area contributed by atoms with Gasteiger partial charge >= 0.3 is 5.97 Å². The lowest BCUT2D eigenvalue weighted by molar-refractivity contribution is -0.147. The Morgan fingerprint density at radius 2 is 1.77 bits per heavy atom. The summed E-state index contributed by atoms with van der Waals surface area (Å²) in [5, 5.41) is 3.92. The van der Waals surface area contributed by atoms with E-state index in [4.69, 9.17) is 16.3 Å². The molecule has 0 fully saturated rings. The van der Waals surface area contributed by atoms with E-state index in [0.717, 1.165) is 17.0 Å². The van der Waals surface area contributed by atoms with Crippen molar-refractivity contribution in [2.75, 3.05) is 18.2 Å². The second-order valence-corrected chi connectivity index (χ2v) is 6.79. The van der Waals surface area contributed by atoms with Crippen LogP contribution in [-0.2, 0) is 20.7 Å². The fourth-order valence-electron chi connectivity index (χ4n) is 2.34. The van der Waals surface area contributed by atoms with E-state index in [1.165, 1.54) is 11.8 Å². The topological polar surface area (TPSA) is 81.2 Å². The first-order valence-electron chi connectivity index (χ1n) is 7.98. The van der Waals surface area contributed by atoms with Crippen LogP contribution in [0.2, 0.25) is 5.02 Å². The second kappa shape index (κ2) is 9.54. The Hall–Kier alpha value is -2.12. The van der Waals surface area contributed by atoms with Crippen molar-refractivity contribution in [3.05, 3.63) is 46.2 Å². The van der Waals surface area contributed by atoms with Crippen LogP contribution in [0.4, 0.5) is 5.69 Å². The number of anilines is 1. The number of rotatable bonds is 7. The first-order valence-corrected chi connectivity index (χ1v) is 9.58. The summed E-state index contributed by atoms with van der Waals surface area (Å²) in [5.41, 5.74) is 3.24. The van der Waals surface area contributed by atoms with E-state index in [9.17, 15) is 9.59 Å². The Morgan fingerprint density at radius 3 is 2.35 bits per heavy atom. The lowest BCUT2D eigenvalue weighted by Crippen LogP contribution is -2.21. The number of nitrogens with one attached hydrogen (secondary N) is 1. The Morgan fingerprint density at radius 1 is 1.15 bits per heavy atom. The number of thioether (sulfide) groups is 1. The van der Waals surface area contributed by atoms with Gasteiger partial charge in [-0.15, -0.1) is 0 Å². The minimum Gasteiger partial charge on any atom is -0.456 e. The summed E-state index contributed by atoms with van der Waals surface area (Å²) in [6.45, 7) is 3.46. The normalized spacial score (nSPS) is 10.5. The van der Waals surface area contributed by atoms with Gasteiger partial charge < -0.3 is 10.1 Å². The van der Waals surface area contributed by atoms with E-state index in [2.05, 4.69) is 15.3 Å². The van der Waals surface area contributed by atoms with Crippen molar-refractivity contribution in [3.8, 4) is 0 Å². The maximum atomic E-state index is 11.9. The molecule has 1 aromatic heterocycles. The van der Waals surface area contributed by atoms with Crippen LogP contribution in [0.3, 0.4) is 0 Å².